The minimum absolute atomic E-state index is 0.358. The summed E-state index contributed by atoms with van der Waals surface area (Å²) in [6.45, 7) is 0. The summed E-state index contributed by atoms with van der Waals surface area (Å²) in [5, 5.41) is 11.2. The Morgan fingerprint density at radius 3 is 2.64 bits per heavy atom. The van der Waals surface area contributed by atoms with Crippen molar-refractivity contribution < 1.29 is 4.79 Å². The number of urea groups is 1. The number of anilines is 1. The van der Waals surface area contributed by atoms with Gasteiger partial charge in [-0.1, -0.05) is 29.3 Å². The molecular weight excluding hydrogens is 325 g/mol. The number of para-hydroxylation sites is 1. The molecule has 2 N–H and O–H groups in total. The Hall–Kier alpha value is -2.31. The largest absolute Gasteiger partial charge is 0.341 e. The zero-order chi connectivity index (χ0) is 15.7. The van der Waals surface area contributed by atoms with E-state index in [-0.39, 0.29) is 6.03 Å². The molecule has 112 valence electrons. The van der Waals surface area contributed by atoms with Crippen molar-refractivity contribution in [3.05, 3.63) is 46.7 Å². The fourth-order valence-electron chi connectivity index (χ4n) is 2.04. The summed E-state index contributed by atoms with van der Waals surface area (Å²) < 4.78 is 1.58. The highest BCUT2D eigenvalue weighted by Gasteiger charge is 2.13. The maximum atomic E-state index is 11.5. The van der Waals surface area contributed by atoms with Crippen LogP contribution in [0.3, 0.4) is 0 Å². The number of halogens is 2. The molecule has 0 aliphatic rings. The maximum absolute atomic E-state index is 11.5. The Labute approximate surface area is 136 Å². The molecule has 2 aromatic heterocycles. The highest BCUT2D eigenvalue weighted by atomic mass is 35.5. The van der Waals surface area contributed by atoms with Gasteiger partial charge in [0.2, 0.25) is 0 Å². The lowest BCUT2D eigenvalue weighted by Gasteiger charge is -2.05. The van der Waals surface area contributed by atoms with Crippen LogP contribution >= 0.6 is 23.2 Å². The van der Waals surface area contributed by atoms with Crippen molar-refractivity contribution in [2.45, 2.75) is 0 Å². The number of hydrogen-bond donors (Lipinski definition) is 2. The van der Waals surface area contributed by atoms with Crippen LogP contribution in [0.25, 0.3) is 16.6 Å². The molecule has 0 radical (unpaired) electrons. The first-order valence-electron chi connectivity index (χ1n) is 6.37. The standard InChI is InChI=1S/C14H11Cl2N5O/c1-17-14(22)19-13-8-7-21(20-11(8)5-6-18-13)12-9(15)3-2-4-10(12)16/h2-7H,1H3,(H2,17,18,19,22). The number of carbonyl (C=O) groups is 1. The normalized spacial score (nSPS) is 10.7. The van der Waals surface area contributed by atoms with Gasteiger partial charge in [0.15, 0.2) is 0 Å². The molecule has 2 amide bonds. The van der Waals surface area contributed by atoms with Crippen LogP contribution in [-0.2, 0) is 0 Å². The van der Waals surface area contributed by atoms with Crippen molar-refractivity contribution >= 4 is 46.0 Å². The summed E-state index contributed by atoms with van der Waals surface area (Å²) in [5.41, 5.74) is 1.24. The summed E-state index contributed by atoms with van der Waals surface area (Å²) in [7, 11) is 1.53. The van der Waals surface area contributed by atoms with E-state index in [9.17, 15) is 4.79 Å². The lowest BCUT2D eigenvalue weighted by Crippen LogP contribution is -2.24. The number of nitrogens with one attached hydrogen (secondary N) is 2. The molecule has 0 unspecified atom stereocenters. The van der Waals surface area contributed by atoms with E-state index in [0.29, 0.717) is 32.5 Å². The molecule has 3 rings (SSSR count). The number of amides is 2. The van der Waals surface area contributed by atoms with Gasteiger partial charge < -0.3 is 5.32 Å². The Kier molecular flexibility index (Phi) is 3.87. The molecule has 22 heavy (non-hydrogen) atoms. The first-order chi connectivity index (χ1) is 10.6. The molecule has 6 nitrogen and oxygen atoms in total. The van der Waals surface area contributed by atoms with E-state index in [0.717, 1.165) is 0 Å². The van der Waals surface area contributed by atoms with Gasteiger partial charge in [-0.2, -0.15) is 5.10 Å². The molecule has 3 aromatic rings. The van der Waals surface area contributed by atoms with Gasteiger partial charge in [0.25, 0.3) is 0 Å². The van der Waals surface area contributed by atoms with Gasteiger partial charge in [-0.3, -0.25) is 5.32 Å². The summed E-state index contributed by atoms with van der Waals surface area (Å²) >= 11 is 12.4. The number of hydrogen-bond acceptors (Lipinski definition) is 3. The number of pyridine rings is 1. The second-order valence-electron chi connectivity index (χ2n) is 4.44. The molecule has 0 saturated heterocycles. The van der Waals surface area contributed by atoms with Gasteiger partial charge in [0, 0.05) is 19.4 Å². The third kappa shape index (κ3) is 2.58. The first kappa shape index (κ1) is 14.6. The topological polar surface area (TPSA) is 71.8 Å². The van der Waals surface area contributed by atoms with Gasteiger partial charge in [0.05, 0.1) is 20.9 Å². The van der Waals surface area contributed by atoms with Gasteiger partial charge in [-0.25, -0.2) is 14.5 Å². The molecule has 0 atom stereocenters. The average molecular weight is 336 g/mol. The predicted molar refractivity (Wildman–Crippen MR) is 87.0 cm³/mol. The zero-order valence-corrected chi connectivity index (χ0v) is 13.0. The van der Waals surface area contributed by atoms with E-state index in [1.54, 1.807) is 41.3 Å². The Balaban J connectivity index is 2.14. The Morgan fingerprint density at radius 1 is 1.23 bits per heavy atom. The van der Waals surface area contributed by atoms with Crippen LogP contribution in [0, 0.1) is 0 Å². The summed E-state index contributed by atoms with van der Waals surface area (Å²) in [6.07, 6.45) is 3.29. The van der Waals surface area contributed by atoms with Gasteiger partial charge in [-0.15, -0.1) is 0 Å². The Morgan fingerprint density at radius 2 is 1.95 bits per heavy atom. The number of benzene rings is 1. The third-order valence-electron chi connectivity index (χ3n) is 3.06. The highest BCUT2D eigenvalue weighted by molar-refractivity contribution is 6.37. The molecule has 0 aliphatic heterocycles. The second-order valence-corrected chi connectivity index (χ2v) is 5.25. The fourth-order valence-corrected chi connectivity index (χ4v) is 2.61. The van der Waals surface area contributed by atoms with Gasteiger partial charge >= 0.3 is 6.03 Å². The smallest absolute Gasteiger partial charge is 0.320 e. The van der Waals surface area contributed by atoms with E-state index >= 15 is 0 Å². The monoisotopic (exact) mass is 335 g/mol. The molecule has 0 saturated carbocycles. The molecule has 2 heterocycles. The summed E-state index contributed by atoms with van der Waals surface area (Å²) in [6, 6.07) is 6.61. The van der Waals surface area contributed by atoms with Crippen molar-refractivity contribution in [3.8, 4) is 5.69 Å². The SMILES string of the molecule is CNC(=O)Nc1nccc2nn(-c3c(Cl)cccc3Cl)cc12. The minimum atomic E-state index is -0.358. The maximum Gasteiger partial charge on any atom is 0.320 e. The van der Waals surface area contributed by atoms with Crippen LogP contribution in [0.1, 0.15) is 0 Å². The zero-order valence-electron chi connectivity index (χ0n) is 11.5. The lowest BCUT2D eigenvalue weighted by molar-refractivity contribution is 0.254. The lowest BCUT2D eigenvalue weighted by atomic mass is 10.3. The van der Waals surface area contributed by atoms with Crippen molar-refractivity contribution in [2.75, 3.05) is 12.4 Å². The minimum Gasteiger partial charge on any atom is -0.341 e. The molecule has 0 aliphatic carbocycles. The van der Waals surface area contributed by atoms with Crippen LogP contribution in [0.2, 0.25) is 10.0 Å². The average Bonchev–Trinajstić information content (AvgIpc) is 2.91. The third-order valence-corrected chi connectivity index (χ3v) is 3.67. The van der Waals surface area contributed by atoms with Crippen LogP contribution in [0.5, 0.6) is 0 Å². The fraction of sp³-hybridized carbons (Fsp3) is 0.0714. The van der Waals surface area contributed by atoms with E-state index < -0.39 is 0 Å². The number of aromatic nitrogens is 3. The molecule has 8 heteroatoms. The van der Waals surface area contributed by atoms with Crippen LogP contribution in [0.4, 0.5) is 10.6 Å². The molecule has 1 aromatic carbocycles. The van der Waals surface area contributed by atoms with Crippen molar-refractivity contribution in [1.82, 2.24) is 20.1 Å². The molecule has 0 spiro atoms. The number of fused-ring (bicyclic) bond motifs is 1. The summed E-state index contributed by atoms with van der Waals surface area (Å²) in [4.78, 5) is 15.6. The quantitative estimate of drug-likeness (QED) is 0.753. The molecule has 0 fully saturated rings. The van der Waals surface area contributed by atoms with Crippen LogP contribution in [0.15, 0.2) is 36.7 Å². The molecule has 0 bridgehead atoms. The number of carbonyl (C=O) groups excluding carboxylic acids is 1. The second kappa shape index (κ2) is 5.82. The van der Waals surface area contributed by atoms with Gasteiger partial charge in [0.1, 0.15) is 11.5 Å². The van der Waals surface area contributed by atoms with Crippen molar-refractivity contribution in [3.63, 3.8) is 0 Å². The highest BCUT2D eigenvalue weighted by Crippen LogP contribution is 2.30. The van der Waals surface area contributed by atoms with Crippen LogP contribution < -0.4 is 10.6 Å². The summed E-state index contributed by atoms with van der Waals surface area (Å²) in [5.74, 6) is 0.409. The number of rotatable bonds is 2. The van der Waals surface area contributed by atoms with E-state index in [4.69, 9.17) is 23.2 Å². The number of nitrogens with zero attached hydrogens (tertiary/aromatic N) is 3. The van der Waals surface area contributed by atoms with Crippen molar-refractivity contribution in [2.24, 2.45) is 0 Å². The van der Waals surface area contributed by atoms with E-state index in [1.807, 2.05) is 0 Å². The van der Waals surface area contributed by atoms with Crippen molar-refractivity contribution in [1.29, 1.82) is 0 Å². The van der Waals surface area contributed by atoms with E-state index in [1.165, 1.54) is 7.05 Å². The van der Waals surface area contributed by atoms with E-state index in [2.05, 4.69) is 20.7 Å². The molecular formula is C14H11Cl2N5O. The van der Waals surface area contributed by atoms with Gasteiger partial charge in [-0.05, 0) is 18.2 Å². The Bertz CT molecular complexity index is 841. The predicted octanol–water partition coefficient (Wildman–Crippen LogP) is 3.48. The first-order valence-corrected chi connectivity index (χ1v) is 7.13. The van der Waals surface area contributed by atoms with Crippen LogP contribution in [-0.4, -0.2) is 27.8 Å².